The molecule has 0 radical (unpaired) electrons. The van der Waals surface area contributed by atoms with Crippen LogP contribution in [0, 0.1) is 0 Å². The van der Waals surface area contributed by atoms with E-state index < -0.39 is 47.6 Å². The monoisotopic (exact) mass is 283 g/mol. The van der Waals surface area contributed by atoms with E-state index in [-0.39, 0.29) is 0 Å². The predicted octanol–water partition coefficient (Wildman–Crippen LogP) is 4.14. The van der Waals surface area contributed by atoms with Gasteiger partial charge in [-0.05, 0) is 12.1 Å². The molecule has 10 heteroatoms. The molecule has 1 aromatic heterocycles. The molecular formula is C8H2F9N. The SMILES string of the molecule is FC(F)(F)c1cc(C(F)(F)F)nc(C(F)(F)F)c1. The first-order chi connectivity index (χ1) is 7.82. The number of nitrogens with zero attached hydrogens (tertiary/aromatic N) is 1. The maximum absolute atomic E-state index is 12.2. The van der Waals surface area contributed by atoms with Crippen molar-refractivity contribution in [3.63, 3.8) is 0 Å². The van der Waals surface area contributed by atoms with Gasteiger partial charge in [0.1, 0.15) is 11.4 Å². The summed E-state index contributed by atoms with van der Waals surface area (Å²) >= 11 is 0. The molecule has 0 bridgehead atoms. The lowest BCUT2D eigenvalue weighted by Crippen LogP contribution is -2.18. The topological polar surface area (TPSA) is 12.9 Å². The van der Waals surface area contributed by atoms with Crippen molar-refractivity contribution in [2.75, 3.05) is 0 Å². The van der Waals surface area contributed by atoms with Gasteiger partial charge < -0.3 is 0 Å². The molecule has 0 unspecified atom stereocenters. The third kappa shape index (κ3) is 3.26. The van der Waals surface area contributed by atoms with Gasteiger partial charge in [-0.1, -0.05) is 0 Å². The van der Waals surface area contributed by atoms with Crippen molar-refractivity contribution in [3.8, 4) is 0 Å². The zero-order valence-corrected chi connectivity index (χ0v) is 8.00. The molecule has 0 aliphatic rings. The van der Waals surface area contributed by atoms with Crippen molar-refractivity contribution in [1.29, 1.82) is 0 Å². The van der Waals surface area contributed by atoms with E-state index in [9.17, 15) is 39.5 Å². The van der Waals surface area contributed by atoms with Gasteiger partial charge in [-0.3, -0.25) is 0 Å². The summed E-state index contributed by atoms with van der Waals surface area (Å²) in [7, 11) is 0. The Labute approximate surface area is 93.2 Å². The Morgan fingerprint density at radius 1 is 0.611 bits per heavy atom. The molecule has 0 fully saturated rings. The van der Waals surface area contributed by atoms with E-state index in [0.717, 1.165) is 0 Å². The molecule has 0 N–H and O–H groups in total. The molecule has 1 heterocycles. The van der Waals surface area contributed by atoms with Crippen LogP contribution in [-0.4, -0.2) is 4.98 Å². The van der Waals surface area contributed by atoms with Crippen LogP contribution in [0.25, 0.3) is 0 Å². The third-order valence-corrected chi connectivity index (χ3v) is 1.73. The number of halogens is 9. The largest absolute Gasteiger partial charge is 0.433 e. The molecule has 0 atom stereocenters. The summed E-state index contributed by atoms with van der Waals surface area (Å²) in [5.41, 5.74) is -6.55. The fourth-order valence-electron chi connectivity index (χ4n) is 0.985. The standard InChI is InChI=1S/C8H2F9N/c9-6(10,11)3-1-4(7(12,13)14)18-5(2-3)8(15,16)17/h1-2H. The van der Waals surface area contributed by atoms with Crippen LogP contribution < -0.4 is 0 Å². The van der Waals surface area contributed by atoms with Crippen LogP contribution >= 0.6 is 0 Å². The molecule has 0 aliphatic carbocycles. The van der Waals surface area contributed by atoms with Gasteiger partial charge in [-0.25, -0.2) is 4.98 Å². The predicted molar refractivity (Wildman–Crippen MR) is 39.2 cm³/mol. The van der Waals surface area contributed by atoms with Gasteiger partial charge in [0.05, 0.1) is 5.56 Å². The third-order valence-electron chi connectivity index (χ3n) is 1.73. The van der Waals surface area contributed by atoms with Gasteiger partial charge in [-0.2, -0.15) is 39.5 Å². The Kier molecular flexibility index (Phi) is 3.26. The summed E-state index contributed by atoms with van der Waals surface area (Å²) in [5, 5.41) is 0. The maximum Gasteiger partial charge on any atom is 0.433 e. The van der Waals surface area contributed by atoms with E-state index in [1.54, 1.807) is 0 Å². The summed E-state index contributed by atoms with van der Waals surface area (Å²) in [6.07, 6.45) is -16.1. The average molecular weight is 283 g/mol. The highest BCUT2D eigenvalue weighted by atomic mass is 19.4. The van der Waals surface area contributed by atoms with Gasteiger partial charge in [0.2, 0.25) is 0 Å². The van der Waals surface area contributed by atoms with Crippen LogP contribution in [0.1, 0.15) is 17.0 Å². The maximum atomic E-state index is 12.2. The molecule has 102 valence electrons. The van der Waals surface area contributed by atoms with Gasteiger partial charge >= 0.3 is 18.5 Å². The Bertz CT molecular complexity index is 360. The Morgan fingerprint density at radius 2 is 0.944 bits per heavy atom. The molecule has 0 aromatic carbocycles. The van der Waals surface area contributed by atoms with E-state index >= 15 is 0 Å². The number of aromatic nitrogens is 1. The van der Waals surface area contributed by atoms with Crippen LogP contribution in [0.2, 0.25) is 0 Å². The first kappa shape index (κ1) is 14.6. The average Bonchev–Trinajstić information content (AvgIpc) is 2.13. The first-order valence-corrected chi connectivity index (χ1v) is 4.05. The normalized spacial score (nSPS) is 13.8. The van der Waals surface area contributed by atoms with Crippen molar-refractivity contribution in [3.05, 3.63) is 29.1 Å². The van der Waals surface area contributed by atoms with E-state index in [4.69, 9.17) is 0 Å². The lowest BCUT2D eigenvalue weighted by atomic mass is 10.1. The highest BCUT2D eigenvalue weighted by Gasteiger charge is 2.42. The lowest BCUT2D eigenvalue weighted by molar-refractivity contribution is -0.154. The van der Waals surface area contributed by atoms with Crippen molar-refractivity contribution in [2.45, 2.75) is 18.5 Å². The second kappa shape index (κ2) is 4.02. The summed E-state index contributed by atoms with van der Waals surface area (Å²) in [4.78, 5) is 2.14. The zero-order chi connectivity index (χ0) is 14.4. The summed E-state index contributed by atoms with van der Waals surface area (Å²) < 4.78 is 109. The second-order valence-electron chi connectivity index (χ2n) is 3.12. The second-order valence-corrected chi connectivity index (χ2v) is 3.12. The van der Waals surface area contributed by atoms with E-state index in [2.05, 4.69) is 4.98 Å². The zero-order valence-electron chi connectivity index (χ0n) is 8.00. The summed E-state index contributed by atoms with van der Waals surface area (Å²) in [5.74, 6) is 0. The van der Waals surface area contributed by atoms with Crippen molar-refractivity contribution in [1.82, 2.24) is 4.98 Å². The van der Waals surface area contributed by atoms with Gasteiger partial charge in [0, 0.05) is 0 Å². The first-order valence-electron chi connectivity index (χ1n) is 4.05. The molecular weight excluding hydrogens is 281 g/mol. The lowest BCUT2D eigenvalue weighted by Gasteiger charge is -2.14. The molecule has 1 rings (SSSR count). The minimum Gasteiger partial charge on any atom is -0.239 e. The molecule has 0 spiro atoms. The Balaban J connectivity index is 3.49. The highest BCUT2D eigenvalue weighted by Crippen LogP contribution is 2.38. The molecule has 1 nitrogen and oxygen atoms in total. The molecule has 0 amide bonds. The highest BCUT2D eigenvalue weighted by molar-refractivity contribution is 5.27. The smallest absolute Gasteiger partial charge is 0.239 e. The number of alkyl halides is 9. The van der Waals surface area contributed by atoms with Crippen molar-refractivity contribution < 1.29 is 39.5 Å². The van der Waals surface area contributed by atoms with Gasteiger partial charge in [0.15, 0.2) is 0 Å². The molecule has 0 aliphatic heterocycles. The molecule has 18 heavy (non-hydrogen) atoms. The molecule has 0 saturated heterocycles. The minimum absolute atomic E-state index is 0.477. The Hall–Kier alpha value is -1.48. The number of hydrogen-bond acceptors (Lipinski definition) is 1. The molecule has 1 aromatic rings. The van der Waals surface area contributed by atoms with Gasteiger partial charge in [0.25, 0.3) is 0 Å². The van der Waals surface area contributed by atoms with Crippen LogP contribution in [-0.2, 0) is 18.5 Å². The molecule has 0 saturated carbocycles. The van der Waals surface area contributed by atoms with Crippen molar-refractivity contribution in [2.24, 2.45) is 0 Å². The van der Waals surface area contributed by atoms with E-state index in [0.29, 0.717) is 0 Å². The fraction of sp³-hybridized carbons (Fsp3) is 0.375. The number of rotatable bonds is 0. The fourth-order valence-corrected chi connectivity index (χ4v) is 0.985. The Morgan fingerprint density at radius 3 is 1.17 bits per heavy atom. The number of pyridine rings is 1. The van der Waals surface area contributed by atoms with E-state index in [1.165, 1.54) is 0 Å². The summed E-state index contributed by atoms with van der Waals surface area (Å²) in [6.45, 7) is 0. The van der Waals surface area contributed by atoms with Crippen LogP contribution in [0.5, 0.6) is 0 Å². The quantitative estimate of drug-likeness (QED) is 0.652. The summed E-state index contributed by atoms with van der Waals surface area (Å²) in [6, 6.07) is -0.954. The van der Waals surface area contributed by atoms with E-state index in [1.807, 2.05) is 0 Å². The van der Waals surface area contributed by atoms with Crippen LogP contribution in [0.15, 0.2) is 12.1 Å². The van der Waals surface area contributed by atoms with Crippen LogP contribution in [0.4, 0.5) is 39.5 Å². The minimum atomic E-state index is -5.40. The van der Waals surface area contributed by atoms with Crippen molar-refractivity contribution >= 4 is 0 Å². The van der Waals surface area contributed by atoms with Crippen LogP contribution in [0.3, 0.4) is 0 Å². The van der Waals surface area contributed by atoms with Gasteiger partial charge in [-0.15, -0.1) is 0 Å². The number of hydrogen-bond donors (Lipinski definition) is 0.